The van der Waals surface area contributed by atoms with Crippen LogP contribution >= 0.6 is 0 Å². The number of likely N-dealkylation sites (N-methyl/N-ethyl adjacent to an activating group) is 1. The van der Waals surface area contributed by atoms with Crippen LogP contribution in [0.25, 0.3) is 0 Å². The van der Waals surface area contributed by atoms with Crippen molar-refractivity contribution >= 4 is 11.6 Å². The van der Waals surface area contributed by atoms with Crippen molar-refractivity contribution in [2.45, 2.75) is 25.9 Å². The molecule has 0 saturated heterocycles. The molecule has 0 bridgehead atoms. The SMILES string of the molecule is CCCc1nc(N)cc(N(C)CC(O)COC)n1. The zero-order valence-electron chi connectivity index (χ0n) is 11.3. The fourth-order valence-corrected chi connectivity index (χ4v) is 1.69. The monoisotopic (exact) mass is 254 g/mol. The number of aliphatic hydroxyl groups excluding tert-OH is 1. The molecule has 0 saturated carbocycles. The smallest absolute Gasteiger partial charge is 0.134 e. The lowest BCUT2D eigenvalue weighted by Crippen LogP contribution is -2.32. The van der Waals surface area contributed by atoms with E-state index in [1.54, 1.807) is 13.2 Å². The highest BCUT2D eigenvalue weighted by atomic mass is 16.5. The molecule has 102 valence electrons. The van der Waals surface area contributed by atoms with E-state index >= 15 is 0 Å². The van der Waals surface area contributed by atoms with Gasteiger partial charge >= 0.3 is 0 Å². The molecule has 0 spiro atoms. The van der Waals surface area contributed by atoms with E-state index in [1.165, 1.54) is 0 Å². The molecule has 1 aromatic rings. The van der Waals surface area contributed by atoms with Crippen LogP contribution < -0.4 is 10.6 Å². The van der Waals surface area contributed by atoms with Crippen LogP contribution in [0.3, 0.4) is 0 Å². The maximum Gasteiger partial charge on any atom is 0.134 e. The normalized spacial score (nSPS) is 12.4. The van der Waals surface area contributed by atoms with Crippen LogP contribution in [0, 0.1) is 0 Å². The van der Waals surface area contributed by atoms with Crippen LogP contribution in [0.15, 0.2) is 6.07 Å². The summed E-state index contributed by atoms with van der Waals surface area (Å²) >= 11 is 0. The molecule has 18 heavy (non-hydrogen) atoms. The minimum atomic E-state index is -0.550. The first-order valence-electron chi connectivity index (χ1n) is 6.08. The molecule has 0 aliphatic carbocycles. The molecule has 6 heteroatoms. The molecule has 1 unspecified atom stereocenters. The van der Waals surface area contributed by atoms with E-state index in [9.17, 15) is 5.11 Å². The fraction of sp³-hybridized carbons (Fsp3) is 0.667. The summed E-state index contributed by atoms with van der Waals surface area (Å²) in [6.07, 6.45) is 1.22. The number of nitrogens with two attached hydrogens (primary N) is 1. The Hall–Kier alpha value is -1.40. The minimum absolute atomic E-state index is 0.298. The number of anilines is 2. The molecular weight excluding hydrogens is 232 g/mol. The van der Waals surface area contributed by atoms with Crippen molar-refractivity contribution in [3.8, 4) is 0 Å². The number of rotatable bonds is 7. The second kappa shape index (κ2) is 7.13. The summed E-state index contributed by atoms with van der Waals surface area (Å²) < 4.78 is 4.89. The van der Waals surface area contributed by atoms with Gasteiger partial charge in [0.25, 0.3) is 0 Å². The van der Waals surface area contributed by atoms with Crippen LogP contribution in [-0.2, 0) is 11.2 Å². The van der Waals surface area contributed by atoms with E-state index in [4.69, 9.17) is 10.5 Å². The number of methoxy groups -OCH3 is 1. The average Bonchev–Trinajstić information content (AvgIpc) is 2.28. The molecular formula is C12H22N4O2. The largest absolute Gasteiger partial charge is 0.389 e. The number of aliphatic hydroxyl groups is 1. The van der Waals surface area contributed by atoms with Gasteiger partial charge in [-0.1, -0.05) is 6.92 Å². The number of hydrogen-bond donors (Lipinski definition) is 2. The van der Waals surface area contributed by atoms with Gasteiger partial charge in [0.05, 0.1) is 12.7 Å². The van der Waals surface area contributed by atoms with Gasteiger partial charge in [-0.2, -0.15) is 0 Å². The van der Waals surface area contributed by atoms with E-state index in [0.717, 1.165) is 24.5 Å². The molecule has 1 rings (SSSR count). The summed E-state index contributed by atoms with van der Waals surface area (Å²) in [4.78, 5) is 10.4. The van der Waals surface area contributed by atoms with Crippen molar-refractivity contribution < 1.29 is 9.84 Å². The third-order valence-corrected chi connectivity index (χ3v) is 2.49. The molecule has 1 aromatic heterocycles. The summed E-state index contributed by atoms with van der Waals surface area (Å²) in [6, 6.07) is 1.71. The van der Waals surface area contributed by atoms with E-state index in [1.807, 2.05) is 11.9 Å². The highest BCUT2D eigenvalue weighted by molar-refractivity contribution is 5.46. The Labute approximate surface area is 108 Å². The summed E-state index contributed by atoms with van der Waals surface area (Å²) in [7, 11) is 3.42. The summed E-state index contributed by atoms with van der Waals surface area (Å²) in [5, 5.41) is 9.68. The first-order chi connectivity index (χ1) is 8.56. The van der Waals surface area contributed by atoms with E-state index in [2.05, 4.69) is 16.9 Å². The van der Waals surface area contributed by atoms with Gasteiger partial charge in [0, 0.05) is 33.2 Å². The van der Waals surface area contributed by atoms with E-state index < -0.39 is 6.10 Å². The second-order valence-corrected chi connectivity index (χ2v) is 4.31. The molecule has 6 nitrogen and oxygen atoms in total. The second-order valence-electron chi connectivity index (χ2n) is 4.31. The minimum Gasteiger partial charge on any atom is -0.389 e. The first kappa shape index (κ1) is 14.7. The Morgan fingerprint density at radius 3 is 2.83 bits per heavy atom. The molecule has 3 N–H and O–H groups in total. The van der Waals surface area contributed by atoms with Gasteiger partial charge in [-0.25, -0.2) is 9.97 Å². The third-order valence-electron chi connectivity index (χ3n) is 2.49. The lowest BCUT2D eigenvalue weighted by atomic mass is 10.3. The first-order valence-corrected chi connectivity index (χ1v) is 6.08. The Morgan fingerprint density at radius 2 is 2.22 bits per heavy atom. The topological polar surface area (TPSA) is 84.5 Å². The van der Waals surface area contributed by atoms with Gasteiger partial charge < -0.3 is 20.5 Å². The predicted molar refractivity (Wildman–Crippen MR) is 71.6 cm³/mol. The lowest BCUT2D eigenvalue weighted by molar-refractivity contribution is 0.0694. The predicted octanol–water partition coefficient (Wildman–Crippen LogP) is 0.455. The average molecular weight is 254 g/mol. The summed E-state index contributed by atoms with van der Waals surface area (Å²) in [5.74, 6) is 1.92. The molecule has 1 atom stereocenters. The molecule has 1 heterocycles. The zero-order valence-corrected chi connectivity index (χ0v) is 11.3. The Morgan fingerprint density at radius 1 is 1.50 bits per heavy atom. The Bertz CT molecular complexity index is 373. The van der Waals surface area contributed by atoms with Crippen molar-refractivity contribution in [2.75, 3.05) is 37.9 Å². The molecule has 0 amide bonds. The summed E-state index contributed by atoms with van der Waals surface area (Å²) in [5.41, 5.74) is 5.75. The number of nitrogen functional groups attached to an aromatic ring is 1. The van der Waals surface area contributed by atoms with Crippen LogP contribution in [0.4, 0.5) is 11.6 Å². The number of nitrogens with zero attached hydrogens (tertiary/aromatic N) is 3. The van der Waals surface area contributed by atoms with Gasteiger partial charge in [-0.05, 0) is 6.42 Å². The van der Waals surface area contributed by atoms with E-state index in [-0.39, 0.29) is 0 Å². The van der Waals surface area contributed by atoms with Crippen molar-refractivity contribution in [1.82, 2.24) is 9.97 Å². The Kier molecular flexibility index (Phi) is 5.80. The standard InChI is InChI=1S/C12H22N4O2/c1-4-5-11-14-10(13)6-12(15-11)16(2)7-9(17)8-18-3/h6,9,17H,4-5,7-8H2,1-3H3,(H2,13,14,15). The van der Waals surface area contributed by atoms with Crippen LogP contribution in [0.5, 0.6) is 0 Å². The molecule has 0 aliphatic rings. The third kappa shape index (κ3) is 4.46. The van der Waals surface area contributed by atoms with E-state index in [0.29, 0.717) is 19.0 Å². The highest BCUT2D eigenvalue weighted by Crippen LogP contribution is 2.13. The van der Waals surface area contributed by atoms with Crippen molar-refractivity contribution in [1.29, 1.82) is 0 Å². The summed E-state index contributed by atoms with van der Waals surface area (Å²) in [6.45, 7) is 2.81. The Balaban J connectivity index is 2.74. The van der Waals surface area contributed by atoms with Gasteiger partial charge in [0.2, 0.25) is 0 Å². The molecule has 0 fully saturated rings. The number of aromatic nitrogens is 2. The number of aryl methyl sites for hydroxylation is 1. The number of hydrogen-bond acceptors (Lipinski definition) is 6. The van der Waals surface area contributed by atoms with Crippen molar-refractivity contribution in [2.24, 2.45) is 0 Å². The van der Waals surface area contributed by atoms with Crippen LogP contribution in [0.1, 0.15) is 19.2 Å². The van der Waals surface area contributed by atoms with Crippen LogP contribution in [0.2, 0.25) is 0 Å². The van der Waals surface area contributed by atoms with Crippen molar-refractivity contribution in [3.05, 3.63) is 11.9 Å². The molecule has 0 aromatic carbocycles. The van der Waals surface area contributed by atoms with Gasteiger partial charge in [-0.15, -0.1) is 0 Å². The van der Waals surface area contributed by atoms with Crippen LogP contribution in [-0.4, -0.2) is 48.5 Å². The van der Waals surface area contributed by atoms with Crippen molar-refractivity contribution in [3.63, 3.8) is 0 Å². The quantitative estimate of drug-likeness (QED) is 0.735. The lowest BCUT2D eigenvalue weighted by Gasteiger charge is -2.21. The highest BCUT2D eigenvalue weighted by Gasteiger charge is 2.11. The zero-order chi connectivity index (χ0) is 13.5. The van der Waals surface area contributed by atoms with Gasteiger partial charge in [0.1, 0.15) is 17.5 Å². The number of ether oxygens (including phenoxy) is 1. The maximum absolute atomic E-state index is 9.68. The molecule has 0 aliphatic heterocycles. The van der Waals surface area contributed by atoms with Gasteiger partial charge in [0.15, 0.2) is 0 Å². The molecule has 0 radical (unpaired) electrons. The maximum atomic E-state index is 9.68. The van der Waals surface area contributed by atoms with Gasteiger partial charge in [-0.3, -0.25) is 0 Å². The fourth-order valence-electron chi connectivity index (χ4n) is 1.69.